The maximum atomic E-state index is 11.6. The number of alkyl carbamates (subject to hydrolysis) is 1. The summed E-state index contributed by atoms with van der Waals surface area (Å²) in [5, 5.41) is 2.67. The molecule has 0 aromatic heterocycles. The molecule has 1 saturated heterocycles. The number of hydrogen-bond donors (Lipinski definition) is 1. The average molecular weight is 408 g/mol. The number of piperazine rings is 1. The number of ether oxygens (including phenoxy) is 3. The first-order valence-electron chi connectivity index (χ1n) is 10.5. The normalized spacial score (nSPS) is 16.0. The van der Waals surface area contributed by atoms with Gasteiger partial charge in [-0.2, -0.15) is 0 Å². The summed E-state index contributed by atoms with van der Waals surface area (Å²) in [6.07, 6.45) is -0.430. The van der Waals surface area contributed by atoms with E-state index in [0.717, 1.165) is 44.9 Å². The van der Waals surface area contributed by atoms with Crippen LogP contribution in [0.2, 0.25) is 0 Å². The zero-order valence-corrected chi connectivity index (χ0v) is 18.2. The zero-order valence-electron chi connectivity index (χ0n) is 18.2. The van der Waals surface area contributed by atoms with Crippen molar-refractivity contribution >= 4 is 6.09 Å². The van der Waals surface area contributed by atoms with E-state index in [4.69, 9.17) is 14.2 Å². The summed E-state index contributed by atoms with van der Waals surface area (Å²) in [6.45, 7) is 15.2. The summed E-state index contributed by atoms with van der Waals surface area (Å²) in [4.78, 5) is 16.6. The van der Waals surface area contributed by atoms with Crippen LogP contribution in [0, 0.1) is 0 Å². The van der Waals surface area contributed by atoms with Gasteiger partial charge in [-0.1, -0.05) is 30.3 Å². The first-order chi connectivity index (χ1) is 13.9. The second-order valence-corrected chi connectivity index (χ2v) is 8.21. The van der Waals surface area contributed by atoms with Crippen LogP contribution in [0.1, 0.15) is 26.3 Å². The molecule has 7 nitrogen and oxygen atoms in total. The van der Waals surface area contributed by atoms with Gasteiger partial charge in [0.25, 0.3) is 0 Å². The van der Waals surface area contributed by atoms with E-state index < -0.39 is 6.09 Å². The fourth-order valence-electron chi connectivity index (χ4n) is 3.16. The number of rotatable bonds is 11. The van der Waals surface area contributed by atoms with Gasteiger partial charge in [0, 0.05) is 44.8 Å². The minimum absolute atomic E-state index is 0.257. The smallest absolute Gasteiger partial charge is 0.407 e. The summed E-state index contributed by atoms with van der Waals surface area (Å²) >= 11 is 0. The Balaban J connectivity index is 1.37. The molecule has 1 amide bonds. The molecule has 1 heterocycles. The van der Waals surface area contributed by atoms with Crippen LogP contribution in [0.25, 0.3) is 0 Å². The van der Waals surface area contributed by atoms with Crippen molar-refractivity contribution in [1.82, 2.24) is 15.1 Å². The number of benzene rings is 1. The molecule has 1 aliphatic rings. The van der Waals surface area contributed by atoms with Gasteiger partial charge in [-0.05, 0) is 26.3 Å². The monoisotopic (exact) mass is 407 g/mol. The van der Waals surface area contributed by atoms with Crippen LogP contribution in [0.15, 0.2) is 30.3 Å². The molecule has 0 bridgehead atoms. The van der Waals surface area contributed by atoms with Crippen molar-refractivity contribution < 1.29 is 19.0 Å². The molecule has 1 fully saturated rings. The van der Waals surface area contributed by atoms with E-state index in [0.29, 0.717) is 26.4 Å². The predicted molar refractivity (Wildman–Crippen MR) is 114 cm³/mol. The molecule has 0 unspecified atom stereocenters. The van der Waals surface area contributed by atoms with E-state index in [9.17, 15) is 4.79 Å². The minimum Gasteiger partial charge on any atom is -0.445 e. The highest BCUT2D eigenvalue weighted by molar-refractivity contribution is 5.67. The molecule has 2 rings (SSSR count). The summed E-state index contributed by atoms with van der Waals surface area (Å²) in [6, 6.07) is 9.60. The first kappa shape index (κ1) is 23.6. The molecule has 1 aliphatic heterocycles. The van der Waals surface area contributed by atoms with Crippen LogP contribution in [-0.4, -0.2) is 87.1 Å². The number of nitrogens with one attached hydrogen (secondary N) is 1. The number of carbonyl (C=O) groups is 1. The van der Waals surface area contributed by atoms with E-state index in [-0.39, 0.29) is 12.1 Å². The van der Waals surface area contributed by atoms with E-state index in [1.807, 2.05) is 30.3 Å². The third kappa shape index (κ3) is 10.1. The van der Waals surface area contributed by atoms with Gasteiger partial charge in [-0.3, -0.25) is 9.80 Å². The Bertz CT molecular complexity index is 569. The molecule has 164 valence electrons. The lowest BCUT2D eigenvalue weighted by molar-refractivity contribution is 0.0215. The molecule has 7 heteroatoms. The van der Waals surface area contributed by atoms with E-state index in [1.54, 1.807) is 0 Å². The van der Waals surface area contributed by atoms with Crippen molar-refractivity contribution in [2.24, 2.45) is 0 Å². The van der Waals surface area contributed by atoms with Gasteiger partial charge in [-0.25, -0.2) is 4.79 Å². The number of carbonyl (C=O) groups excluding carboxylic acids is 1. The second kappa shape index (κ2) is 12.8. The fourth-order valence-corrected chi connectivity index (χ4v) is 3.16. The first-order valence-corrected chi connectivity index (χ1v) is 10.5. The predicted octanol–water partition coefficient (Wildman–Crippen LogP) is 2.36. The van der Waals surface area contributed by atoms with Crippen LogP contribution in [0.5, 0.6) is 0 Å². The van der Waals surface area contributed by atoms with Crippen LogP contribution >= 0.6 is 0 Å². The van der Waals surface area contributed by atoms with Gasteiger partial charge >= 0.3 is 6.09 Å². The summed E-state index contributed by atoms with van der Waals surface area (Å²) in [5.74, 6) is 0. The average Bonchev–Trinajstić information content (AvgIpc) is 2.71. The summed E-state index contributed by atoms with van der Waals surface area (Å²) in [5.41, 5.74) is 1.22. The van der Waals surface area contributed by atoms with Gasteiger partial charge in [-0.15, -0.1) is 0 Å². The molecule has 0 saturated carbocycles. The molecular weight excluding hydrogens is 370 g/mol. The Kier molecular flexibility index (Phi) is 10.4. The fraction of sp³-hybridized carbons (Fsp3) is 0.682. The molecule has 0 atom stereocenters. The molecule has 0 spiro atoms. The lowest BCUT2D eigenvalue weighted by atomic mass is 10.1. The van der Waals surface area contributed by atoms with Crippen LogP contribution in [-0.2, 0) is 20.8 Å². The number of amides is 1. The summed E-state index contributed by atoms with van der Waals surface area (Å²) in [7, 11) is 0. The molecular formula is C22H37N3O4. The highest BCUT2D eigenvalue weighted by Gasteiger charge is 2.25. The lowest BCUT2D eigenvalue weighted by Gasteiger charge is -2.42. The highest BCUT2D eigenvalue weighted by atomic mass is 16.5. The van der Waals surface area contributed by atoms with Crippen molar-refractivity contribution in [2.75, 3.05) is 65.7 Å². The largest absolute Gasteiger partial charge is 0.445 e. The second-order valence-electron chi connectivity index (χ2n) is 8.21. The van der Waals surface area contributed by atoms with E-state index in [1.165, 1.54) is 0 Å². The van der Waals surface area contributed by atoms with Crippen molar-refractivity contribution in [3.05, 3.63) is 35.9 Å². The molecule has 0 radical (unpaired) electrons. The van der Waals surface area contributed by atoms with Gasteiger partial charge in [0.2, 0.25) is 0 Å². The Morgan fingerprint density at radius 1 is 0.966 bits per heavy atom. The Morgan fingerprint density at radius 3 is 2.28 bits per heavy atom. The Labute approximate surface area is 175 Å². The third-order valence-corrected chi connectivity index (χ3v) is 4.97. The van der Waals surface area contributed by atoms with Gasteiger partial charge in [0.05, 0.1) is 26.4 Å². The molecule has 29 heavy (non-hydrogen) atoms. The van der Waals surface area contributed by atoms with Crippen molar-refractivity contribution in [1.29, 1.82) is 0 Å². The van der Waals surface area contributed by atoms with E-state index in [2.05, 4.69) is 35.9 Å². The van der Waals surface area contributed by atoms with Crippen molar-refractivity contribution in [3.8, 4) is 0 Å². The van der Waals surface area contributed by atoms with Crippen molar-refractivity contribution in [3.63, 3.8) is 0 Å². The number of nitrogens with zero attached hydrogens (tertiary/aromatic N) is 2. The quantitative estimate of drug-likeness (QED) is 0.568. The molecule has 0 aliphatic carbocycles. The highest BCUT2D eigenvalue weighted by Crippen LogP contribution is 2.15. The topological polar surface area (TPSA) is 63.3 Å². The lowest BCUT2D eigenvalue weighted by Crippen LogP contribution is -2.53. The SMILES string of the molecule is CC(C)(C)N1CCN(CCOCCOCCNC(=O)OCc2ccccc2)CC1. The van der Waals surface area contributed by atoms with Gasteiger partial charge in [0.1, 0.15) is 6.61 Å². The zero-order chi connectivity index (χ0) is 21.0. The van der Waals surface area contributed by atoms with E-state index >= 15 is 0 Å². The minimum atomic E-state index is -0.430. The van der Waals surface area contributed by atoms with Crippen LogP contribution < -0.4 is 5.32 Å². The molecule has 1 aromatic rings. The standard InChI is InChI=1S/C22H37N3O4/c1-22(2,3)25-12-10-24(11-13-25)14-16-28-18-17-27-15-9-23-21(26)29-19-20-7-5-4-6-8-20/h4-8H,9-19H2,1-3H3,(H,23,26). The maximum Gasteiger partial charge on any atom is 0.407 e. The van der Waals surface area contributed by atoms with Crippen LogP contribution in [0.4, 0.5) is 4.79 Å². The Hall–Kier alpha value is -1.67. The Morgan fingerprint density at radius 2 is 1.62 bits per heavy atom. The van der Waals surface area contributed by atoms with Crippen LogP contribution in [0.3, 0.4) is 0 Å². The van der Waals surface area contributed by atoms with Gasteiger partial charge in [0.15, 0.2) is 0 Å². The van der Waals surface area contributed by atoms with Gasteiger partial charge < -0.3 is 19.5 Å². The molecule has 1 aromatic carbocycles. The van der Waals surface area contributed by atoms with Crippen molar-refractivity contribution in [2.45, 2.75) is 32.9 Å². The molecule has 1 N–H and O–H groups in total. The summed E-state index contributed by atoms with van der Waals surface area (Å²) < 4.78 is 16.3. The maximum absolute atomic E-state index is 11.6. The third-order valence-electron chi connectivity index (χ3n) is 4.97. The number of hydrogen-bond acceptors (Lipinski definition) is 6.